The minimum atomic E-state index is -0.458. The number of hydrogen-bond donors (Lipinski definition) is 1. The third kappa shape index (κ3) is 3.81. The van der Waals surface area contributed by atoms with Gasteiger partial charge in [-0.2, -0.15) is 0 Å². The number of aryl methyl sites for hydroxylation is 1. The molecule has 27 heavy (non-hydrogen) atoms. The Labute approximate surface area is 164 Å². The number of likely N-dealkylation sites (tertiary alicyclic amines) is 1. The van der Waals surface area contributed by atoms with Crippen LogP contribution in [0.5, 0.6) is 0 Å². The van der Waals surface area contributed by atoms with Crippen molar-refractivity contribution in [3.05, 3.63) is 40.1 Å². The Bertz CT molecular complexity index is 805. The zero-order chi connectivity index (χ0) is 19.0. The molecule has 146 valence electrons. The second-order valence-electron chi connectivity index (χ2n) is 7.96. The number of nitrogens with zero attached hydrogens (tertiary/aromatic N) is 3. The van der Waals surface area contributed by atoms with E-state index < -0.39 is 11.7 Å². The molecule has 7 heteroatoms. The van der Waals surface area contributed by atoms with Crippen molar-refractivity contribution >= 4 is 17.2 Å². The number of ether oxygens (including phenoxy) is 1. The topological polar surface area (TPSA) is 59.4 Å². The fourth-order valence-electron chi connectivity index (χ4n) is 4.11. The Morgan fingerprint density at radius 2 is 2.19 bits per heavy atom. The van der Waals surface area contributed by atoms with Crippen LogP contribution in [0.3, 0.4) is 0 Å². The fraction of sp³-hybridized carbons (Fsp3) is 0.600. The average Bonchev–Trinajstić information content (AvgIpc) is 3.26. The lowest BCUT2D eigenvalue weighted by atomic mass is 9.88. The van der Waals surface area contributed by atoms with E-state index >= 15 is 0 Å². The minimum Gasteiger partial charge on any atom is -0.352 e. The van der Waals surface area contributed by atoms with Gasteiger partial charge in [-0.25, -0.2) is 4.98 Å². The first-order chi connectivity index (χ1) is 12.9. The molecule has 1 spiro atoms. The maximum Gasteiger partial charge on any atom is 0.251 e. The van der Waals surface area contributed by atoms with E-state index in [0.29, 0.717) is 6.54 Å². The molecule has 2 aromatic rings. The first kappa shape index (κ1) is 18.7. The maximum atomic E-state index is 12.6. The van der Waals surface area contributed by atoms with Gasteiger partial charge in [0.05, 0.1) is 6.54 Å². The van der Waals surface area contributed by atoms with Crippen molar-refractivity contribution in [2.24, 2.45) is 0 Å². The van der Waals surface area contributed by atoms with Gasteiger partial charge in [-0.3, -0.25) is 9.69 Å². The Morgan fingerprint density at radius 1 is 1.41 bits per heavy atom. The molecule has 0 saturated carbocycles. The predicted octanol–water partition coefficient (Wildman–Crippen LogP) is 2.67. The number of imidazole rings is 1. The summed E-state index contributed by atoms with van der Waals surface area (Å²) in [7, 11) is 0. The summed E-state index contributed by atoms with van der Waals surface area (Å²) in [5.74, 6) is 0.947. The molecular weight excluding hydrogens is 360 g/mol. The molecule has 0 bridgehead atoms. The van der Waals surface area contributed by atoms with Crippen molar-refractivity contribution in [2.45, 2.75) is 64.4 Å². The summed E-state index contributed by atoms with van der Waals surface area (Å²) < 4.78 is 8.55. The quantitative estimate of drug-likeness (QED) is 0.875. The highest BCUT2D eigenvalue weighted by Gasteiger charge is 2.47. The summed E-state index contributed by atoms with van der Waals surface area (Å²) in [6.07, 6.45) is 5.06. The van der Waals surface area contributed by atoms with Crippen LogP contribution in [-0.2, 0) is 28.2 Å². The average molecular weight is 389 g/mol. The number of nitrogens with one attached hydrogen (secondary N) is 1. The standard InChI is InChI=1S/C20H28N4O2S/c1-14(2)22-18(25)17-13-24-11-8-21-19(24)20(26-17)6-9-23(10-7-20)12-16-5-4-15(3)27-16/h4-5,8,11,14,17H,6-7,9-10,12-13H2,1-3H3,(H,22,25)/t17-/m0/s1. The number of thiophene rings is 1. The van der Waals surface area contributed by atoms with Crippen LogP contribution < -0.4 is 5.32 Å². The first-order valence-electron chi connectivity index (χ1n) is 9.73. The molecular formula is C20H28N4O2S. The van der Waals surface area contributed by atoms with Gasteiger partial charge in [-0.05, 0) is 45.7 Å². The molecule has 1 N–H and O–H groups in total. The molecule has 6 nitrogen and oxygen atoms in total. The van der Waals surface area contributed by atoms with Gasteiger partial charge < -0.3 is 14.6 Å². The van der Waals surface area contributed by atoms with Crippen molar-refractivity contribution < 1.29 is 9.53 Å². The van der Waals surface area contributed by atoms with Crippen molar-refractivity contribution in [3.8, 4) is 0 Å². The highest BCUT2D eigenvalue weighted by molar-refractivity contribution is 7.11. The van der Waals surface area contributed by atoms with E-state index in [0.717, 1.165) is 38.3 Å². The number of carbonyl (C=O) groups excluding carboxylic acids is 1. The zero-order valence-corrected chi connectivity index (χ0v) is 17.1. The van der Waals surface area contributed by atoms with Crippen LogP contribution in [0.4, 0.5) is 0 Å². The molecule has 1 amide bonds. The number of rotatable bonds is 4. The van der Waals surface area contributed by atoms with Crippen LogP contribution in [0.1, 0.15) is 42.3 Å². The summed E-state index contributed by atoms with van der Waals surface area (Å²) in [4.78, 5) is 22.4. The van der Waals surface area contributed by atoms with E-state index in [2.05, 4.69) is 38.8 Å². The molecule has 0 unspecified atom stereocenters. The molecule has 1 saturated heterocycles. The third-order valence-corrected chi connectivity index (χ3v) is 6.40. The van der Waals surface area contributed by atoms with E-state index in [-0.39, 0.29) is 11.9 Å². The second-order valence-corrected chi connectivity index (χ2v) is 9.33. The van der Waals surface area contributed by atoms with E-state index in [9.17, 15) is 4.79 Å². The van der Waals surface area contributed by atoms with Crippen LogP contribution >= 0.6 is 11.3 Å². The number of amides is 1. The first-order valence-corrected chi connectivity index (χ1v) is 10.5. The summed E-state index contributed by atoms with van der Waals surface area (Å²) in [6, 6.07) is 4.52. The normalized spacial score (nSPS) is 22.1. The van der Waals surface area contributed by atoms with Gasteiger partial charge in [0.15, 0.2) is 6.10 Å². The lowest BCUT2D eigenvalue weighted by Crippen LogP contribution is -2.54. The summed E-state index contributed by atoms with van der Waals surface area (Å²) >= 11 is 1.87. The maximum absolute atomic E-state index is 12.6. The van der Waals surface area contributed by atoms with Crippen molar-refractivity contribution in [3.63, 3.8) is 0 Å². The van der Waals surface area contributed by atoms with Gasteiger partial charge in [0.25, 0.3) is 5.91 Å². The SMILES string of the molecule is Cc1ccc(CN2CCC3(CC2)O[C@H](C(=O)NC(C)C)Cn2ccnc23)s1. The molecule has 2 aliphatic rings. The van der Waals surface area contributed by atoms with E-state index in [1.807, 2.05) is 37.6 Å². The van der Waals surface area contributed by atoms with E-state index in [4.69, 9.17) is 4.74 Å². The second kappa shape index (κ2) is 7.37. The van der Waals surface area contributed by atoms with E-state index in [1.165, 1.54) is 9.75 Å². The summed E-state index contributed by atoms with van der Waals surface area (Å²) in [5.41, 5.74) is -0.456. The summed E-state index contributed by atoms with van der Waals surface area (Å²) in [6.45, 7) is 9.52. The van der Waals surface area contributed by atoms with Gasteiger partial charge in [0, 0.05) is 47.8 Å². The number of fused-ring (bicyclic) bond motifs is 2. The smallest absolute Gasteiger partial charge is 0.251 e. The Kier molecular flexibility index (Phi) is 5.09. The van der Waals surface area contributed by atoms with Crippen molar-refractivity contribution in [1.82, 2.24) is 19.8 Å². The highest BCUT2D eigenvalue weighted by Crippen LogP contribution is 2.40. The van der Waals surface area contributed by atoms with Gasteiger partial charge in [-0.1, -0.05) is 0 Å². The molecule has 4 heterocycles. The van der Waals surface area contributed by atoms with Crippen molar-refractivity contribution in [1.29, 1.82) is 0 Å². The van der Waals surface area contributed by atoms with Crippen LogP contribution in [0.25, 0.3) is 0 Å². The van der Waals surface area contributed by atoms with E-state index in [1.54, 1.807) is 0 Å². The van der Waals surface area contributed by atoms with Crippen LogP contribution in [0.2, 0.25) is 0 Å². The number of hydrogen-bond acceptors (Lipinski definition) is 5. The highest BCUT2D eigenvalue weighted by atomic mass is 32.1. The van der Waals surface area contributed by atoms with Gasteiger partial charge in [-0.15, -0.1) is 11.3 Å². The predicted molar refractivity (Wildman–Crippen MR) is 106 cm³/mol. The van der Waals surface area contributed by atoms with Crippen LogP contribution in [-0.4, -0.2) is 45.6 Å². The Hall–Kier alpha value is -1.70. The van der Waals surface area contributed by atoms with Crippen LogP contribution in [0.15, 0.2) is 24.5 Å². The van der Waals surface area contributed by atoms with Crippen LogP contribution in [0, 0.1) is 6.92 Å². The molecule has 0 radical (unpaired) electrons. The number of carbonyl (C=O) groups is 1. The molecule has 0 aromatic carbocycles. The Balaban J connectivity index is 1.48. The molecule has 2 aliphatic heterocycles. The summed E-state index contributed by atoms with van der Waals surface area (Å²) in [5, 5.41) is 2.99. The molecule has 4 rings (SSSR count). The number of piperidine rings is 1. The molecule has 1 atom stereocenters. The van der Waals surface area contributed by atoms with Crippen molar-refractivity contribution in [2.75, 3.05) is 13.1 Å². The van der Waals surface area contributed by atoms with Gasteiger partial charge in [0.1, 0.15) is 11.4 Å². The lowest BCUT2D eigenvalue weighted by molar-refractivity contribution is -0.174. The largest absolute Gasteiger partial charge is 0.352 e. The lowest BCUT2D eigenvalue weighted by Gasteiger charge is -2.45. The monoisotopic (exact) mass is 388 g/mol. The zero-order valence-electron chi connectivity index (χ0n) is 16.3. The number of aromatic nitrogens is 2. The molecule has 2 aromatic heterocycles. The Morgan fingerprint density at radius 3 is 2.85 bits per heavy atom. The van der Waals surface area contributed by atoms with Gasteiger partial charge >= 0.3 is 0 Å². The molecule has 1 fully saturated rings. The fourth-order valence-corrected chi connectivity index (χ4v) is 5.05. The molecule has 0 aliphatic carbocycles. The van der Waals surface area contributed by atoms with Gasteiger partial charge in [0.2, 0.25) is 0 Å². The minimum absolute atomic E-state index is 0.0276. The third-order valence-electron chi connectivity index (χ3n) is 5.42.